The lowest BCUT2D eigenvalue weighted by Crippen LogP contribution is -2.43. The van der Waals surface area contributed by atoms with Crippen molar-refractivity contribution in [2.24, 2.45) is 13.0 Å². The van der Waals surface area contributed by atoms with E-state index in [-0.39, 0.29) is 12.6 Å². The standard InChI is InChI=1S/C13H22N4O3/c1-4-17(8-10(2)12(18)19)13(20)14-6-5-11-7-15-16(3)9-11/h7,9-10H,4-6,8H2,1-3H3,(H,14,20)(H,18,19). The molecule has 1 rings (SSSR count). The zero-order valence-corrected chi connectivity index (χ0v) is 12.2. The van der Waals surface area contributed by atoms with E-state index in [1.807, 2.05) is 20.2 Å². The first-order chi connectivity index (χ1) is 9.43. The molecule has 1 unspecified atom stereocenters. The van der Waals surface area contributed by atoms with E-state index in [1.54, 1.807) is 17.8 Å². The third-order valence-electron chi connectivity index (χ3n) is 3.03. The summed E-state index contributed by atoms with van der Waals surface area (Å²) in [5.74, 6) is -1.47. The van der Waals surface area contributed by atoms with Crippen molar-refractivity contribution in [3.8, 4) is 0 Å². The van der Waals surface area contributed by atoms with Gasteiger partial charge < -0.3 is 15.3 Å². The average Bonchev–Trinajstić information content (AvgIpc) is 2.81. The number of urea groups is 1. The summed E-state index contributed by atoms with van der Waals surface area (Å²) < 4.78 is 1.71. The second kappa shape index (κ2) is 7.52. The Hall–Kier alpha value is -2.05. The second-order valence-corrected chi connectivity index (χ2v) is 4.78. The molecule has 0 aliphatic heterocycles. The van der Waals surface area contributed by atoms with Gasteiger partial charge in [-0.15, -0.1) is 0 Å². The van der Waals surface area contributed by atoms with E-state index in [2.05, 4.69) is 10.4 Å². The van der Waals surface area contributed by atoms with Crippen LogP contribution in [0.15, 0.2) is 12.4 Å². The number of hydrogen-bond donors (Lipinski definition) is 2. The highest BCUT2D eigenvalue weighted by Gasteiger charge is 2.18. The van der Waals surface area contributed by atoms with Crippen LogP contribution in [0.3, 0.4) is 0 Å². The van der Waals surface area contributed by atoms with Gasteiger partial charge in [0.2, 0.25) is 0 Å². The Morgan fingerprint density at radius 1 is 1.55 bits per heavy atom. The van der Waals surface area contributed by atoms with Crippen LogP contribution < -0.4 is 5.32 Å². The Morgan fingerprint density at radius 2 is 2.25 bits per heavy atom. The molecule has 0 aliphatic carbocycles. The topological polar surface area (TPSA) is 87.5 Å². The predicted octanol–water partition coefficient (Wildman–Crippen LogP) is 0.715. The zero-order chi connectivity index (χ0) is 15.1. The van der Waals surface area contributed by atoms with E-state index in [0.29, 0.717) is 19.5 Å². The maximum absolute atomic E-state index is 11.9. The van der Waals surface area contributed by atoms with Gasteiger partial charge in [-0.25, -0.2) is 4.79 Å². The SMILES string of the molecule is CCN(CC(C)C(=O)O)C(=O)NCCc1cnn(C)c1. The summed E-state index contributed by atoms with van der Waals surface area (Å²) >= 11 is 0. The average molecular weight is 282 g/mol. The molecule has 0 spiro atoms. The van der Waals surface area contributed by atoms with Gasteiger partial charge >= 0.3 is 12.0 Å². The number of carboxylic acids is 1. The molecule has 7 heteroatoms. The predicted molar refractivity (Wildman–Crippen MR) is 74.4 cm³/mol. The van der Waals surface area contributed by atoms with E-state index in [0.717, 1.165) is 5.56 Å². The van der Waals surface area contributed by atoms with Crippen molar-refractivity contribution in [3.63, 3.8) is 0 Å². The van der Waals surface area contributed by atoms with Gasteiger partial charge in [-0.3, -0.25) is 9.48 Å². The van der Waals surface area contributed by atoms with E-state index in [9.17, 15) is 9.59 Å². The smallest absolute Gasteiger partial charge is 0.317 e. The van der Waals surface area contributed by atoms with Crippen LogP contribution in [0.5, 0.6) is 0 Å². The maximum atomic E-state index is 11.9. The number of aryl methyl sites for hydroxylation is 1. The third kappa shape index (κ3) is 4.91. The second-order valence-electron chi connectivity index (χ2n) is 4.78. The summed E-state index contributed by atoms with van der Waals surface area (Å²) in [5, 5.41) is 15.7. The zero-order valence-electron chi connectivity index (χ0n) is 12.2. The van der Waals surface area contributed by atoms with Crippen LogP contribution >= 0.6 is 0 Å². The van der Waals surface area contributed by atoms with Gasteiger partial charge in [-0.2, -0.15) is 5.10 Å². The molecule has 7 nitrogen and oxygen atoms in total. The fraction of sp³-hybridized carbons (Fsp3) is 0.615. The quantitative estimate of drug-likeness (QED) is 0.771. The molecule has 0 saturated carbocycles. The molecule has 0 saturated heterocycles. The molecule has 1 aromatic rings. The van der Waals surface area contributed by atoms with Crippen molar-refractivity contribution in [3.05, 3.63) is 18.0 Å². The lowest BCUT2D eigenvalue weighted by Gasteiger charge is -2.23. The van der Waals surface area contributed by atoms with Gasteiger partial charge in [0.15, 0.2) is 0 Å². The molecule has 0 aromatic carbocycles. The molecular weight excluding hydrogens is 260 g/mol. The Bertz CT molecular complexity index is 458. The first-order valence-corrected chi connectivity index (χ1v) is 6.67. The third-order valence-corrected chi connectivity index (χ3v) is 3.03. The van der Waals surface area contributed by atoms with Crippen LogP contribution in [0.25, 0.3) is 0 Å². The molecule has 1 atom stereocenters. The minimum atomic E-state index is -0.897. The first kappa shape index (κ1) is 16.0. The Balaban J connectivity index is 2.37. The van der Waals surface area contributed by atoms with Gasteiger partial charge in [-0.1, -0.05) is 6.92 Å². The van der Waals surface area contributed by atoms with Crippen molar-refractivity contribution in [2.45, 2.75) is 20.3 Å². The first-order valence-electron chi connectivity index (χ1n) is 6.67. The molecule has 1 heterocycles. The summed E-state index contributed by atoms with van der Waals surface area (Å²) in [6.45, 7) is 4.62. The van der Waals surface area contributed by atoms with Crippen LogP contribution in [0.1, 0.15) is 19.4 Å². The number of aliphatic carboxylic acids is 1. The van der Waals surface area contributed by atoms with Crippen LogP contribution in [0.2, 0.25) is 0 Å². The highest BCUT2D eigenvalue weighted by atomic mass is 16.4. The number of hydrogen-bond acceptors (Lipinski definition) is 3. The van der Waals surface area contributed by atoms with Crippen LogP contribution in [-0.2, 0) is 18.3 Å². The molecule has 2 N–H and O–H groups in total. The fourth-order valence-corrected chi connectivity index (χ4v) is 1.79. The largest absolute Gasteiger partial charge is 0.481 e. The molecule has 0 radical (unpaired) electrons. The molecular formula is C13H22N4O3. The van der Waals surface area contributed by atoms with Crippen molar-refractivity contribution < 1.29 is 14.7 Å². The van der Waals surface area contributed by atoms with Crippen LogP contribution in [0.4, 0.5) is 4.79 Å². The van der Waals surface area contributed by atoms with E-state index < -0.39 is 11.9 Å². The number of amides is 2. The minimum absolute atomic E-state index is 0.213. The molecule has 112 valence electrons. The number of carboxylic acid groups (broad SMARTS) is 1. The van der Waals surface area contributed by atoms with E-state index >= 15 is 0 Å². The molecule has 0 fully saturated rings. The molecule has 2 amide bonds. The van der Waals surface area contributed by atoms with Gasteiger partial charge in [0, 0.05) is 32.9 Å². The number of carbonyl (C=O) groups excluding carboxylic acids is 1. The number of carbonyl (C=O) groups is 2. The minimum Gasteiger partial charge on any atom is -0.481 e. The summed E-state index contributed by atoms with van der Waals surface area (Å²) in [7, 11) is 1.84. The summed E-state index contributed by atoms with van der Waals surface area (Å²) in [4.78, 5) is 24.2. The van der Waals surface area contributed by atoms with Crippen LogP contribution in [-0.4, -0.2) is 51.4 Å². The van der Waals surface area contributed by atoms with Gasteiger partial charge in [-0.05, 0) is 18.9 Å². The Kier molecular flexibility index (Phi) is 6.02. The highest BCUT2D eigenvalue weighted by Crippen LogP contribution is 2.01. The van der Waals surface area contributed by atoms with Crippen molar-refractivity contribution in [2.75, 3.05) is 19.6 Å². The number of aromatic nitrogens is 2. The molecule has 0 aliphatic rings. The number of rotatable bonds is 7. The monoisotopic (exact) mass is 282 g/mol. The highest BCUT2D eigenvalue weighted by molar-refractivity contribution is 5.75. The molecule has 1 aromatic heterocycles. The maximum Gasteiger partial charge on any atom is 0.317 e. The van der Waals surface area contributed by atoms with Crippen molar-refractivity contribution >= 4 is 12.0 Å². The normalized spacial score (nSPS) is 11.9. The summed E-state index contributed by atoms with van der Waals surface area (Å²) in [6.07, 6.45) is 4.36. The fourth-order valence-electron chi connectivity index (χ4n) is 1.79. The molecule has 20 heavy (non-hydrogen) atoms. The van der Waals surface area contributed by atoms with Crippen molar-refractivity contribution in [1.82, 2.24) is 20.0 Å². The van der Waals surface area contributed by atoms with Gasteiger partial charge in [0.25, 0.3) is 0 Å². The Labute approximate surface area is 118 Å². The Morgan fingerprint density at radius 3 is 2.75 bits per heavy atom. The summed E-state index contributed by atoms with van der Waals surface area (Å²) in [6, 6.07) is -0.232. The van der Waals surface area contributed by atoms with Crippen molar-refractivity contribution in [1.29, 1.82) is 0 Å². The van der Waals surface area contributed by atoms with Gasteiger partial charge in [0.05, 0.1) is 12.1 Å². The summed E-state index contributed by atoms with van der Waals surface area (Å²) in [5.41, 5.74) is 1.05. The van der Waals surface area contributed by atoms with E-state index in [1.165, 1.54) is 4.90 Å². The molecule has 0 bridgehead atoms. The van der Waals surface area contributed by atoms with E-state index in [4.69, 9.17) is 5.11 Å². The lowest BCUT2D eigenvalue weighted by atomic mass is 10.2. The van der Waals surface area contributed by atoms with Gasteiger partial charge in [0.1, 0.15) is 0 Å². The number of nitrogens with one attached hydrogen (secondary N) is 1. The number of nitrogens with zero attached hydrogens (tertiary/aromatic N) is 3. The lowest BCUT2D eigenvalue weighted by molar-refractivity contribution is -0.141. The van der Waals surface area contributed by atoms with Crippen LogP contribution in [0, 0.1) is 5.92 Å².